The Morgan fingerprint density at radius 1 is 1.43 bits per heavy atom. The summed E-state index contributed by atoms with van der Waals surface area (Å²) < 4.78 is 5.39. The van der Waals surface area contributed by atoms with E-state index in [0.717, 1.165) is 11.7 Å². The molecule has 1 atom stereocenters. The van der Waals surface area contributed by atoms with Crippen LogP contribution in [-0.4, -0.2) is 20.3 Å². The van der Waals surface area contributed by atoms with Crippen LogP contribution in [0.4, 0.5) is 0 Å². The van der Waals surface area contributed by atoms with E-state index in [1.165, 1.54) is 0 Å². The molecule has 3 heteroatoms. The van der Waals surface area contributed by atoms with Crippen LogP contribution in [0.2, 0.25) is 5.82 Å². The molecule has 74 valence electrons. The van der Waals surface area contributed by atoms with E-state index in [-0.39, 0.29) is 12.7 Å². The number of aldehydes is 1. The van der Waals surface area contributed by atoms with Crippen LogP contribution in [0.1, 0.15) is 13.3 Å². The van der Waals surface area contributed by atoms with Crippen molar-refractivity contribution in [2.75, 3.05) is 7.11 Å². The predicted molar refractivity (Wildman–Crippen MR) is 58.9 cm³/mol. The summed E-state index contributed by atoms with van der Waals surface area (Å²) in [6.45, 7) is 2.04. The number of carbonyl (C=O) groups is 1. The molecule has 2 nitrogen and oxygen atoms in total. The second kappa shape index (κ2) is 5.60. The zero-order valence-corrected chi connectivity index (χ0v) is 8.64. The molecule has 0 saturated carbocycles. The highest BCUT2D eigenvalue weighted by Gasteiger charge is 2.23. The largest absolute Gasteiger partial charge is 0.433 e. The van der Waals surface area contributed by atoms with Crippen LogP contribution >= 0.6 is 0 Å². The number of hydrogen-bond acceptors (Lipinski definition) is 2. The third kappa shape index (κ3) is 2.71. The van der Waals surface area contributed by atoms with Gasteiger partial charge in [0.15, 0.2) is 0 Å². The Morgan fingerprint density at radius 2 is 2.07 bits per heavy atom. The van der Waals surface area contributed by atoms with Crippen molar-refractivity contribution in [3.63, 3.8) is 0 Å². The highest BCUT2D eigenvalue weighted by molar-refractivity contribution is 6.68. The van der Waals surface area contributed by atoms with Gasteiger partial charge >= 0.3 is 6.92 Å². The standard InChI is InChI=1S/C11H15BO2/c1-10(8-9-13)12(14-2)11-6-4-3-5-7-11/h3-7,9-10H,8H2,1-2H3. The summed E-state index contributed by atoms with van der Waals surface area (Å²) in [6.07, 6.45) is 1.48. The average molecular weight is 190 g/mol. The van der Waals surface area contributed by atoms with Gasteiger partial charge in [0, 0.05) is 13.5 Å². The first-order valence-corrected chi connectivity index (χ1v) is 4.81. The van der Waals surface area contributed by atoms with E-state index in [1.54, 1.807) is 7.11 Å². The molecule has 1 aromatic rings. The van der Waals surface area contributed by atoms with Crippen molar-refractivity contribution in [2.24, 2.45) is 0 Å². The zero-order valence-electron chi connectivity index (χ0n) is 8.64. The lowest BCUT2D eigenvalue weighted by molar-refractivity contribution is -0.107. The Labute approximate surface area is 85.4 Å². The van der Waals surface area contributed by atoms with Crippen molar-refractivity contribution in [3.05, 3.63) is 30.3 Å². The Kier molecular flexibility index (Phi) is 4.40. The van der Waals surface area contributed by atoms with Crippen LogP contribution in [0.5, 0.6) is 0 Å². The first-order valence-electron chi connectivity index (χ1n) is 4.81. The van der Waals surface area contributed by atoms with Crippen LogP contribution in [0.15, 0.2) is 30.3 Å². The molecule has 0 aliphatic carbocycles. The molecule has 0 heterocycles. The normalized spacial score (nSPS) is 12.1. The van der Waals surface area contributed by atoms with Crippen LogP contribution < -0.4 is 5.46 Å². The van der Waals surface area contributed by atoms with Crippen molar-refractivity contribution in [1.29, 1.82) is 0 Å². The van der Waals surface area contributed by atoms with Gasteiger partial charge in [0.25, 0.3) is 0 Å². The second-order valence-electron chi connectivity index (χ2n) is 3.45. The third-order valence-corrected chi connectivity index (χ3v) is 2.37. The Hall–Kier alpha value is -1.09. The Balaban J connectivity index is 2.76. The van der Waals surface area contributed by atoms with E-state index in [1.807, 2.05) is 37.3 Å². The first-order chi connectivity index (χ1) is 6.79. The molecule has 0 amide bonds. The quantitative estimate of drug-likeness (QED) is 0.519. The van der Waals surface area contributed by atoms with Crippen LogP contribution in [0.3, 0.4) is 0 Å². The molecule has 0 aromatic heterocycles. The van der Waals surface area contributed by atoms with Gasteiger partial charge in [-0.05, 0) is 11.3 Å². The summed E-state index contributed by atoms with van der Waals surface area (Å²) in [4.78, 5) is 10.4. The lowest BCUT2D eigenvalue weighted by Gasteiger charge is -2.16. The molecule has 0 bridgehead atoms. The van der Waals surface area contributed by atoms with Gasteiger partial charge in [0.05, 0.1) is 0 Å². The minimum absolute atomic E-state index is 0.0152. The van der Waals surface area contributed by atoms with E-state index in [4.69, 9.17) is 4.65 Å². The molecule has 0 spiro atoms. The summed E-state index contributed by atoms with van der Waals surface area (Å²) in [5.41, 5.74) is 1.13. The number of benzene rings is 1. The van der Waals surface area contributed by atoms with Crippen LogP contribution in [0, 0.1) is 0 Å². The van der Waals surface area contributed by atoms with Gasteiger partial charge in [-0.1, -0.05) is 37.3 Å². The minimum atomic E-state index is 0.0152. The van der Waals surface area contributed by atoms with Crippen molar-refractivity contribution in [1.82, 2.24) is 0 Å². The molecule has 0 radical (unpaired) electrons. The van der Waals surface area contributed by atoms with E-state index < -0.39 is 0 Å². The summed E-state index contributed by atoms with van der Waals surface area (Å²) in [5, 5.41) is 0. The topological polar surface area (TPSA) is 26.3 Å². The number of carbonyl (C=O) groups excluding carboxylic acids is 1. The van der Waals surface area contributed by atoms with Crippen molar-refractivity contribution in [3.8, 4) is 0 Å². The van der Waals surface area contributed by atoms with Gasteiger partial charge in [-0.2, -0.15) is 0 Å². The van der Waals surface area contributed by atoms with Gasteiger partial charge in [-0.3, -0.25) is 0 Å². The highest BCUT2D eigenvalue weighted by Crippen LogP contribution is 2.13. The van der Waals surface area contributed by atoms with Gasteiger partial charge in [-0.25, -0.2) is 0 Å². The number of hydrogen-bond donors (Lipinski definition) is 0. The van der Waals surface area contributed by atoms with E-state index in [0.29, 0.717) is 6.42 Å². The maximum Gasteiger partial charge on any atom is 0.329 e. The molecule has 0 fully saturated rings. The monoisotopic (exact) mass is 190 g/mol. The molecule has 14 heavy (non-hydrogen) atoms. The Bertz CT molecular complexity index is 274. The molecular weight excluding hydrogens is 175 g/mol. The van der Waals surface area contributed by atoms with Crippen molar-refractivity contribution >= 4 is 18.7 Å². The van der Waals surface area contributed by atoms with E-state index in [2.05, 4.69) is 0 Å². The van der Waals surface area contributed by atoms with Crippen LogP contribution in [-0.2, 0) is 9.45 Å². The van der Waals surface area contributed by atoms with Crippen LogP contribution in [0.25, 0.3) is 0 Å². The maximum absolute atomic E-state index is 10.4. The molecule has 0 saturated heterocycles. The first kappa shape index (κ1) is 11.0. The zero-order chi connectivity index (χ0) is 10.4. The minimum Gasteiger partial charge on any atom is -0.433 e. The van der Waals surface area contributed by atoms with E-state index >= 15 is 0 Å². The van der Waals surface area contributed by atoms with Crippen molar-refractivity contribution in [2.45, 2.75) is 19.2 Å². The van der Waals surface area contributed by atoms with Gasteiger partial charge in [0.2, 0.25) is 0 Å². The second-order valence-corrected chi connectivity index (χ2v) is 3.45. The molecular formula is C11H15BO2. The SMILES string of the molecule is COB(c1ccccc1)C(C)CC=O. The average Bonchev–Trinajstić information content (AvgIpc) is 2.21. The Morgan fingerprint density at radius 3 is 2.57 bits per heavy atom. The molecule has 1 rings (SSSR count). The van der Waals surface area contributed by atoms with Crippen molar-refractivity contribution < 1.29 is 9.45 Å². The number of rotatable bonds is 5. The summed E-state index contributed by atoms with van der Waals surface area (Å²) in [7, 11) is 1.68. The summed E-state index contributed by atoms with van der Waals surface area (Å²) >= 11 is 0. The molecule has 1 aromatic carbocycles. The molecule has 0 N–H and O–H groups in total. The lowest BCUT2D eigenvalue weighted by Crippen LogP contribution is -2.36. The molecule has 0 aliphatic heterocycles. The smallest absolute Gasteiger partial charge is 0.329 e. The predicted octanol–water partition coefficient (Wildman–Crippen LogP) is 1.51. The highest BCUT2D eigenvalue weighted by atomic mass is 16.4. The fourth-order valence-corrected chi connectivity index (χ4v) is 1.62. The molecule has 0 aliphatic rings. The van der Waals surface area contributed by atoms with Gasteiger partial charge < -0.3 is 9.45 Å². The maximum atomic E-state index is 10.4. The summed E-state index contributed by atoms with van der Waals surface area (Å²) in [5.74, 6) is 0.222. The van der Waals surface area contributed by atoms with E-state index in [9.17, 15) is 4.79 Å². The lowest BCUT2D eigenvalue weighted by atomic mass is 9.51. The fraction of sp³-hybridized carbons (Fsp3) is 0.364. The molecule has 1 unspecified atom stereocenters. The van der Waals surface area contributed by atoms with Gasteiger partial charge in [0.1, 0.15) is 6.29 Å². The third-order valence-electron chi connectivity index (χ3n) is 2.37. The summed E-state index contributed by atoms with van der Waals surface area (Å²) in [6, 6.07) is 9.98. The fourth-order valence-electron chi connectivity index (χ4n) is 1.62. The van der Waals surface area contributed by atoms with Gasteiger partial charge in [-0.15, -0.1) is 0 Å².